The molecule has 3 rings (SSSR count). The highest BCUT2D eigenvalue weighted by Crippen LogP contribution is 2.21. The Labute approximate surface area is 119 Å². The van der Waals surface area contributed by atoms with Crippen LogP contribution >= 0.6 is 0 Å². The molecule has 0 fully saturated rings. The van der Waals surface area contributed by atoms with Crippen molar-refractivity contribution in [1.82, 2.24) is 9.55 Å². The third-order valence-corrected chi connectivity index (χ3v) is 3.68. The van der Waals surface area contributed by atoms with Gasteiger partial charge in [-0.25, -0.2) is 0 Å². The molecule has 0 aliphatic carbocycles. The fraction of sp³-hybridized carbons (Fsp3) is 0.235. The first-order valence-corrected chi connectivity index (χ1v) is 7.04. The van der Waals surface area contributed by atoms with E-state index in [2.05, 4.69) is 46.1 Å². The molecule has 0 spiro atoms. The Hall–Kier alpha value is -2.13. The van der Waals surface area contributed by atoms with E-state index in [0.29, 0.717) is 6.54 Å². The van der Waals surface area contributed by atoms with Crippen LogP contribution in [0, 0.1) is 0 Å². The summed E-state index contributed by atoms with van der Waals surface area (Å²) in [6.07, 6.45) is 7.85. The van der Waals surface area contributed by atoms with E-state index in [-0.39, 0.29) is 0 Å². The number of fused-ring (bicyclic) bond motifs is 1. The van der Waals surface area contributed by atoms with E-state index in [4.69, 9.17) is 5.73 Å². The van der Waals surface area contributed by atoms with Crippen LogP contribution in [-0.4, -0.2) is 16.1 Å². The Kier molecular flexibility index (Phi) is 3.79. The zero-order chi connectivity index (χ0) is 13.8. The van der Waals surface area contributed by atoms with Gasteiger partial charge in [-0.3, -0.25) is 4.98 Å². The van der Waals surface area contributed by atoms with Crippen molar-refractivity contribution >= 4 is 10.9 Å². The van der Waals surface area contributed by atoms with Gasteiger partial charge in [0, 0.05) is 36.0 Å². The summed E-state index contributed by atoms with van der Waals surface area (Å²) in [7, 11) is 0. The number of benzene rings is 1. The number of rotatable bonds is 5. The number of hydrogen-bond acceptors (Lipinski definition) is 2. The van der Waals surface area contributed by atoms with Crippen LogP contribution in [0.3, 0.4) is 0 Å². The molecule has 3 heteroatoms. The summed E-state index contributed by atoms with van der Waals surface area (Å²) in [6.45, 7) is 1.67. The van der Waals surface area contributed by atoms with Gasteiger partial charge in [0.1, 0.15) is 0 Å². The lowest BCUT2D eigenvalue weighted by Crippen LogP contribution is -2.03. The zero-order valence-corrected chi connectivity index (χ0v) is 11.5. The van der Waals surface area contributed by atoms with Crippen molar-refractivity contribution in [3.63, 3.8) is 0 Å². The summed E-state index contributed by atoms with van der Waals surface area (Å²) >= 11 is 0. The maximum Gasteiger partial charge on any atom is 0.0483 e. The third kappa shape index (κ3) is 2.58. The van der Waals surface area contributed by atoms with Crippen molar-refractivity contribution in [2.24, 2.45) is 5.73 Å². The first-order chi connectivity index (χ1) is 9.88. The summed E-state index contributed by atoms with van der Waals surface area (Å²) in [5.74, 6) is 0. The zero-order valence-electron chi connectivity index (χ0n) is 11.5. The molecule has 0 aliphatic heterocycles. The molecular weight excluding hydrogens is 246 g/mol. The van der Waals surface area contributed by atoms with E-state index in [1.165, 1.54) is 22.0 Å². The lowest BCUT2D eigenvalue weighted by atomic mass is 10.1. The molecule has 2 heterocycles. The number of pyridine rings is 1. The molecule has 0 saturated heterocycles. The molecule has 2 aromatic heterocycles. The van der Waals surface area contributed by atoms with Gasteiger partial charge >= 0.3 is 0 Å². The summed E-state index contributed by atoms with van der Waals surface area (Å²) in [5.41, 5.74) is 9.58. The fourth-order valence-electron chi connectivity index (χ4n) is 2.65. The molecule has 1 aromatic carbocycles. The molecule has 0 bridgehead atoms. The molecular formula is C17H19N3. The predicted molar refractivity (Wildman–Crippen MR) is 82.6 cm³/mol. The third-order valence-electron chi connectivity index (χ3n) is 3.68. The smallest absolute Gasteiger partial charge is 0.0483 e. The Morgan fingerprint density at radius 3 is 2.80 bits per heavy atom. The Morgan fingerprint density at radius 2 is 2.00 bits per heavy atom. The number of aromatic nitrogens is 2. The van der Waals surface area contributed by atoms with Gasteiger partial charge in [0.15, 0.2) is 0 Å². The quantitative estimate of drug-likeness (QED) is 0.771. The SMILES string of the molecule is NCCc1cccc2c1ccn2CCc1cccnc1. The van der Waals surface area contributed by atoms with Gasteiger partial charge in [0.05, 0.1) is 0 Å². The van der Waals surface area contributed by atoms with Gasteiger partial charge in [0.2, 0.25) is 0 Å². The van der Waals surface area contributed by atoms with E-state index in [1.807, 2.05) is 18.5 Å². The number of nitrogens with two attached hydrogens (primary N) is 1. The molecule has 3 aromatic rings. The molecule has 0 amide bonds. The summed E-state index contributed by atoms with van der Waals surface area (Å²) in [4.78, 5) is 4.16. The van der Waals surface area contributed by atoms with Crippen LogP contribution in [0.15, 0.2) is 55.0 Å². The molecule has 2 N–H and O–H groups in total. The number of aryl methyl sites for hydroxylation is 2. The highest BCUT2D eigenvalue weighted by molar-refractivity contribution is 5.83. The normalized spacial score (nSPS) is 11.1. The summed E-state index contributed by atoms with van der Waals surface area (Å²) < 4.78 is 2.31. The van der Waals surface area contributed by atoms with Crippen molar-refractivity contribution in [2.75, 3.05) is 6.54 Å². The predicted octanol–water partition coefficient (Wildman–Crippen LogP) is 2.78. The van der Waals surface area contributed by atoms with E-state index >= 15 is 0 Å². The molecule has 0 atom stereocenters. The van der Waals surface area contributed by atoms with Crippen LogP contribution in [0.2, 0.25) is 0 Å². The van der Waals surface area contributed by atoms with Crippen LogP contribution in [0.5, 0.6) is 0 Å². The molecule has 102 valence electrons. The average Bonchev–Trinajstić information content (AvgIpc) is 2.91. The Morgan fingerprint density at radius 1 is 1.05 bits per heavy atom. The lowest BCUT2D eigenvalue weighted by molar-refractivity contribution is 0.721. The molecule has 0 saturated carbocycles. The lowest BCUT2D eigenvalue weighted by Gasteiger charge is -2.07. The van der Waals surface area contributed by atoms with Crippen molar-refractivity contribution in [3.05, 3.63) is 66.1 Å². The minimum Gasteiger partial charge on any atom is -0.347 e. The Balaban J connectivity index is 1.84. The number of hydrogen-bond donors (Lipinski definition) is 1. The standard InChI is InChI=1S/C17H19N3/c18-9-6-15-4-1-5-17-16(15)8-12-20(17)11-7-14-3-2-10-19-13-14/h1-5,8,10,12-13H,6-7,9,11,18H2. The molecule has 0 unspecified atom stereocenters. The highest BCUT2D eigenvalue weighted by atomic mass is 14.9. The fourth-order valence-corrected chi connectivity index (χ4v) is 2.65. The van der Waals surface area contributed by atoms with Gasteiger partial charge in [-0.15, -0.1) is 0 Å². The molecule has 3 nitrogen and oxygen atoms in total. The molecule has 0 aliphatic rings. The minimum absolute atomic E-state index is 0.694. The molecule has 0 radical (unpaired) electrons. The first kappa shape index (κ1) is 12.9. The van der Waals surface area contributed by atoms with Gasteiger partial charge in [0.25, 0.3) is 0 Å². The van der Waals surface area contributed by atoms with E-state index < -0.39 is 0 Å². The number of nitrogens with zero attached hydrogens (tertiary/aromatic N) is 2. The van der Waals surface area contributed by atoms with Crippen molar-refractivity contribution in [3.8, 4) is 0 Å². The summed E-state index contributed by atoms with van der Waals surface area (Å²) in [6, 6.07) is 12.8. The van der Waals surface area contributed by atoms with Crippen LogP contribution in [0.4, 0.5) is 0 Å². The van der Waals surface area contributed by atoms with E-state index in [1.54, 1.807) is 0 Å². The van der Waals surface area contributed by atoms with Crippen molar-refractivity contribution in [2.45, 2.75) is 19.4 Å². The van der Waals surface area contributed by atoms with E-state index in [9.17, 15) is 0 Å². The maximum absolute atomic E-state index is 5.68. The van der Waals surface area contributed by atoms with Crippen molar-refractivity contribution in [1.29, 1.82) is 0 Å². The van der Waals surface area contributed by atoms with Gasteiger partial charge in [-0.2, -0.15) is 0 Å². The first-order valence-electron chi connectivity index (χ1n) is 7.04. The van der Waals surface area contributed by atoms with Gasteiger partial charge in [-0.1, -0.05) is 18.2 Å². The summed E-state index contributed by atoms with van der Waals surface area (Å²) in [5, 5.41) is 1.32. The topological polar surface area (TPSA) is 43.8 Å². The Bertz CT molecular complexity index is 686. The second-order valence-corrected chi connectivity index (χ2v) is 5.01. The van der Waals surface area contributed by atoms with Crippen LogP contribution in [0.1, 0.15) is 11.1 Å². The van der Waals surface area contributed by atoms with Crippen LogP contribution < -0.4 is 5.73 Å². The van der Waals surface area contributed by atoms with E-state index in [0.717, 1.165) is 19.4 Å². The maximum atomic E-state index is 5.68. The largest absolute Gasteiger partial charge is 0.347 e. The van der Waals surface area contributed by atoms with Crippen LogP contribution in [0.25, 0.3) is 10.9 Å². The second kappa shape index (κ2) is 5.88. The highest BCUT2D eigenvalue weighted by Gasteiger charge is 2.05. The van der Waals surface area contributed by atoms with Crippen molar-refractivity contribution < 1.29 is 0 Å². The minimum atomic E-state index is 0.694. The monoisotopic (exact) mass is 265 g/mol. The molecule has 20 heavy (non-hydrogen) atoms. The van der Waals surface area contributed by atoms with Crippen LogP contribution in [-0.2, 0) is 19.4 Å². The van der Waals surface area contributed by atoms with Gasteiger partial charge in [-0.05, 0) is 48.7 Å². The second-order valence-electron chi connectivity index (χ2n) is 5.01. The average molecular weight is 265 g/mol. The van der Waals surface area contributed by atoms with Gasteiger partial charge < -0.3 is 10.3 Å².